The van der Waals surface area contributed by atoms with Gasteiger partial charge in [0.15, 0.2) is 0 Å². The third-order valence-corrected chi connectivity index (χ3v) is 4.26. The first-order chi connectivity index (χ1) is 11.3. The van der Waals surface area contributed by atoms with Gasteiger partial charge in [-0.25, -0.2) is 9.97 Å². The second-order valence-electron chi connectivity index (χ2n) is 5.95. The third-order valence-electron chi connectivity index (χ3n) is 4.26. The van der Waals surface area contributed by atoms with E-state index in [4.69, 9.17) is 4.98 Å². The van der Waals surface area contributed by atoms with Crippen LogP contribution in [0.1, 0.15) is 18.5 Å². The van der Waals surface area contributed by atoms with E-state index in [9.17, 15) is 0 Å². The number of aryl methyl sites for hydroxylation is 1. The van der Waals surface area contributed by atoms with Gasteiger partial charge in [0.25, 0.3) is 0 Å². The molecule has 0 aromatic carbocycles. The average molecular weight is 308 g/mol. The lowest BCUT2D eigenvalue weighted by Gasteiger charge is -2.24. The Morgan fingerprint density at radius 3 is 3.09 bits per heavy atom. The fraction of sp³-hybridized carbons (Fsp3) is 0.353. The summed E-state index contributed by atoms with van der Waals surface area (Å²) in [6.07, 6.45) is 8.03. The molecule has 1 unspecified atom stereocenters. The van der Waals surface area contributed by atoms with Gasteiger partial charge < -0.3 is 10.6 Å². The number of nitrogens with one attached hydrogen (secondary N) is 2. The van der Waals surface area contributed by atoms with E-state index in [2.05, 4.69) is 20.6 Å². The summed E-state index contributed by atoms with van der Waals surface area (Å²) in [5, 5.41) is 6.90. The standard InChI is InChI=1S/C17H20N6/c1-12-17(14-10-20-16-6-2-3-8-23(14)16)22-15(11-19-12)21-13-5-4-7-18-9-13/h2-3,6,8,10-11,13,18H,4-5,7,9H2,1H3,(H,21,22). The lowest BCUT2D eigenvalue weighted by atomic mass is 10.1. The molecule has 3 aromatic heterocycles. The summed E-state index contributed by atoms with van der Waals surface area (Å²) in [5.74, 6) is 0.824. The molecule has 0 bridgehead atoms. The van der Waals surface area contributed by atoms with E-state index in [1.807, 2.05) is 48.1 Å². The normalized spacial score (nSPS) is 18.2. The van der Waals surface area contributed by atoms with Crippen LogP contribution in [-0.4, -0.2) is 38.5 Å². The van der Waals surface area contributed by atoms with Gasteiger partial charge in [-0.1, -0.05) is 6.07 Å². The van der Waals surface area contributed by atoms with E-state index in [1.54, 1.807) is 0 Å². The summed E-state index contributed by atoms with van der Waals surface area (Å²) in [4.78, 5) is 13.8. The number of fused-ring (bicyclic) bond motifs is 1. The fourth-order valence-electron chi connectivity index (χ4n) is 3.05. The number of anilines is 1. The molecule has 6 heteroatoms. The summed E-state index contributed by atoms with van der Waals surface area (Å²) in [6, 6.07) is 6.38. The molecule has 118 valence electrons. The van der Waals surface area contributed by atoms with E-state index in [0.29, 0.717) is 6.04 Å². The minimum Gasteiger partial charge on any atom is -0.365 e. The zero-order valence-electron chi connectivity index (χ0n) is 13.2. The highest BCUT2D eigenvalue weighted by atomic mass is 15.1. The van der Waals surface area contributed by atoms with E-state index >= 15 is 0 Å². The molecule has 1 atom stereocenters. The lowest BCUT2D eigenvalue weighted by Crippen LogP contribution is -2.38. The Hall–Kier alpha value is -2.47. The number of imidazole rings is 1. The van der Waals surface area contributed by atoms with Gasteiger partial charge in [-0.05, 0) is 38.4 Å². The van der Waals surface area contributed by atoms with Crippen molar-refractivity contribution < 1.29 is 0 Å². The molecule has 6 nitrogen and oxygen atoms in total. The van der Waals surface area contributed by atoms with Crippen LogP contribution in [0.4, 0.5) is 5.82 Å². The van der Waals surface area contributed by atoms with Crippen LogP contribution in [0.25, 0.3) is 17.0 Å². The lowest BCUT2D eigenvalue weighted by molar-refractivity contribution is 0.479. The molecule has 4 rings (SSSR count). The van der Waals surface area contributed by atoms with E-state index in [0.717, 1.165) is 48.1 Å². The van der Waals surface area contributed by atoms with Crippen molar-refractivity contribution in [2.75, 3.05) is 18.4 Å². The van der Waals surface area contributed by atoms with Crippen molar-refractivity contribution in [3.05, 3.63) is 42.5 Å². The predicted octanol–water partition coefficient (Wildman–Crippen LogP) is 2.26. The number of aromatic nitrogens is 4. The first-order valence-corrected chi connectivity index (χ1v) is 8.04. The van der Waals surface area contributed by atoms with Crippen LogP contribution >= 0.6 is 0 Å². The van der Waals surface area contributed by atoms with Crippen molar-refractivity contribution in [3.8, 4) is 11.4 Å². The highest BCUT2D eigenvalue weighted by molar-refractivity contribution is 5.63. The van der Waals surface area contributed by atoms with Crippen molar-refractivity contribution >= 4 is 11.5 Å². The first kappa shape index (κ1) is 14.1. The zero-order chi connectivity index (χ0) is 15.6. The average Bonchev–Trinajstić information content (AvgIpc) is 3.01. The van der Waals surface area contributed by atoms with Gasteiger partial charge in [0.1, 0.15) is 17.2 Å². The maximum Gasteiger partial charge on any atom is 0.145 e. The number of hydrogen-bond acceptors (Lipinski definition) is 5. The maximum absolute atomic E-state index is 4.80. The molecule has 1 fully saturated rings. The molecule has 1 aliphatic heterocycles. The van der Waals surface area contributed by atoms with Crippen LogP contribution in [0.2, 0.25) is 0 Å². The molecular weight excluding hydrogens is 288 g/mol. The van der Waals surface area contributed by atoms with Crippen LogP contribution in [-0.2, 0) is 0 Å². The van der Waals surface area contributed by atoms with Crippen LogP contribution in [0.5, 0.6) is 0 Å². The van der Waals surface area contributed by atoms with Crippen LogP contribution in [0.3, 0.4) is 0 Å². The van der Waals surface area contributed by atoms with Gasteiger partial charge in [0, 0.05) is 18.8 Å². The van der Waals surface area contributed by atoms with E-state index in [1.165, 1.54) is 6.42 Å². The maximum atomic E-state index is 4.80. The number of pyridine rings is 1. The minimum absolute atomic E-state index is 0.413. The Bertz CT molecular complexity index is 819. The Labute approximate surface area is 135 Å². The third kappa shape index (κ3) is 2.77. The topological polar surface area (TPSA) is 67.1 Å². The molecule has 1 aliphatic rings. The van der Waals surface area contributed by atoms with E-state index < -0.39 is 0 Å². The SMILES string of the molecule is Cc1ncc(NC2CCCNC2)nc1-c1cnc2ccccn12. The van der Waals surface area contributed by atoms with Crippen molar-refractivity contribution in [2.24, 2.45) is 0 Å². The van der Waals surface area contributed by atoms with Gasteiger partial charge in [-0.3, -0.25) is 9.38 Å². The molecular formula is C17H20N6. The number of hydrogen-bond donors (Lipinski definition) is 2. The molecule has 1 saturated heterocycles. The van der Waals surface area contributed by atoms with Crippen molar-refractivity contribution in [1.29, 1.82) is 0 Å². The molecule has 0 spiro atoms. The molecule has 0 amide bonds. The van der Waals surface area contributed by atoms with Gasteiger partial charge in [-0.15, -0.1) is 0 Å². The van der Waals surface area contributed by atoms with Gasteiger partial charge in [0.05, 0.1) is 23.8 Å². The van der Waals surface area contributed by atoms with Gasteiger partial charge in [0.2, 0.25) is 0 Å². The highest BCUT2D eigenvalue weighted by Gasteiger charge is 2.15. The molecule has 0 aliphatic carbocycles. The van der Waals surface area contributed by atoms with Gasteiger partial charge >= 0.3 is 0 Å². The minimum atomic E-state index is 0.413. The Kier molecular flexibility index (Phi) is 3.67. The van der Waals surface area contributed by atoms with E-state index in [-0.39, 0.29) is 0 Å². The molecule has 2 N–H and O–H groups in total. The Balaban J connectivity index is 1.69. The summed E-state index contributed by atoms with van der Waals surface area (Å²) < 4.78 is 2.04. The summed E-state index contributed by atoms with van der Waals surface area (Å²) in [6.45, 7) is 4.06. The quantitative estimate of drug-likeness (QED) is 0.777. The van der Waals surface area contributed by atoms with Gasteiger partial charge in [-0.2, -0.15) is 0 Å². The molecule has 4 heterocycles. The van der Waals surface area contributed by atoms with Crippen LogP contribution < -0.4 is 10.6 Å². The first-order valence-electron chi connectivity index (χ1n) is 8.04. The monoisotopic (exact) mass is 308 g/mol. The number of piperidine rings is 1. The second-order valence-corrected chi connectivity index (χ2v) is 5.95. The summed E-state index contributed by atoms with van der Waals surface area (Å²) >= 11 is 0. The van der Waals surface area contributed by atoms with Crippen LogP contribution in [0.15, 0.2) is 36.8 Å². The Morgan fingerprint density at radius 1 is 1.26 bits per heavy atom. The predicted molar refractivity (Wildman–Crippen MR) is 90.5 cm³/mol. The fourth-order valence-corrected chi connectivity index (χ4v) is 3.05. The summed E-state index contributed by atoms with van der Waals surface area (Å²) in [7, 11) is 0. The largest absolute Gasteiger partial charge is 0.365 e. The second kappa shape index (κ2) is 5.96. The zero-order valence-corrected chi connectivity index (χ0v) is 13.2. The molecule has 0 saturated carbocycles. The van der Waals surface area contributed by atoms with Crippen molar-refractivity contribution in [2.45, 2.75) is 25.8 Å². The van der Waals surface area contributed by atoms with Crippen LogP contribution in [0, 0.1) is 6.92 Å². The summed E-state index contributed by atoms with van der Waals surface area (Å²) in [5.41, 5.74) is 3.66. The van der Waals surface area contributed by atoms with Crippen molar-refractivity contribution in [3.63, 3.8) is 0 Å². The Morgan fingerprint density at radius 2 is 2.22 bits per heavy atom. The molecule has 23 heavy (non-hydrogen) atoms. The van der Waals surface area contributed by atoms with Crippen molar-refractivity contribution in [1.82, 2.24) is 24.7 Å². The molecule has 3 aromatic rings. The number of nitrogens with zero attached hydrogens (tertiary/aromatic N) is 4. The smallest absolute Gasteiger partial charge is 0.145 e. The number of rotatable bonds is 3. The molecule has 0 radical (unpaired) electrons. The highest BCUT2D eigenvalue weighted by Crippen LogP contribution is 2.23.